The van der Waals surface area contributed by atoms with E-state index in [2.05, 4.69) is 6.92 Å². The molecule has 0 spiro atoms. The van der Waals surface area contributed by atoms with Crippen molar-refractivity contribution >= 4 is 11.7 Å². The molecule has 0 heterocycles. The zero-order valence-electron chi connectivity index (χ0n) is 11.6. The number of nitrogen functional groups attached to an aromatic ring is 1. The molecule has 0 radical (unpaired) electrons. The summed E-state index contributed by atoms with van der Waals surface area (Å²) in [5, 5.41) is 0. The molecular weight excluding hydrogens is 238 g/mol. The van der Waals surface area contributed by atoms with Gasteiger partial charge in [0.1, 0.15) is 6.10 Å². The van der Waals surface area contributed by atoms with E-state index in [0.29, 0.717) is 6.42 Å². The second-order valence-corrected chi connectivity index (χ2v) is 5.61. The summed E-state index contributed by atoms with van der Waals surface area (Å²) in [6.07, 6.45) is 5.73. The molecular formula is C16H23NO2. The zero-order valence-corrected chi connectivity index (χ0v) is 11.6. The average molecular weight is 261 g/mol. The molecule has 0 atom stereocenters. The van der Waals surface area contributed by atoms with Gasteiger partial charge < -0.3 is 10.5 Å². The summed E-state index contributed by atoms with van der Waals surface area (Å²) < 4.78 is 5.52. The number of anilines is 1. The fraction of sp³-hybridized carbons (Fsp3) is 0.562. The fourth-order valence-electron chi connectivity index (χ4n) is 2.52. The van der Waals surface area contributed by atoms with Crippen molar-refractivity contribution in [2.45, 2.75) is 51.6 Å². The Bertz CT molecular complexity index is 405. The van der Waals surface area contributed by atoms with E-state index in [9.17, 15) is 4.79 Å². The van der Waals surface area contributed by atoms with E-state index in [1.165, 1.54) is 12.8 Å². The first kappa shape index (κ1) is 13.9. The Kier molecular flexibility index (Phi) is 4.83. The van der Waals surface area contributed by atoms with Crippen LogP contribution >= 0.6 is 0 Å². The summed E-state index contributed by atoms with van der Waals surface area (Å²) in [5.41, 5.74) is 7.51. The van der Waals surface area contributed by atoms with Crippen LogP contribution < -0.4 is 5.73 Å². The molecule has 2 N–H and O–H groups in total. The molecule has 3 nitrogen and oxygen atoms in total. The van der Waals surface area contributed by atoms with Gasteiger partial charge >= 0.3 is 5.97 Å². The van der Waals surface area contributed by atoms with Crippen molar-refractivity contribution in [1.82, 2.24) is 0 Å². The number of carbonyl (C=O) groups is 1. The van der Waals surface area contributed by atoms with E-state index < -0.39 is 0 Å². The van der Waals surface area contributed by atoms with Crippen LogP contribution in [0.4, 0.5) is 5.69 Å². The third-order valence-corrected chi connectivity index (χ3v) is 3.86. The van der Waals surface area contributed by atoms with Crippen LogP contribution in [0.5, 0.6) is 0 Å². The number of hydrogen-bond acceptors (Lipinski definition) is 3. The lowest BCUT2D eigenvalue weighted by molar-refractivity contribution is -0.150. The Hall–Kier alpha value is -1.51. The van der Waals surface area contributed by atoms with Crippen molar-refractivity contribution in [2.75, 3.05) is 5.73 Å². The lowest BCUT2D eigenvalue weighted by Crippen LogP contribution is -2.23. The maximum absolute atomic E-state index is 11.8. The second-order valence-electron chi connectivity index (χ2n) is 5.61. The van der Waals surface area contributed by atoms with Crippen LogP contribution in [0.15, 0.2) is 24.3 Å². The maximum Gasteiger partial charge on any atom is 0.306 e. The Morgan fingerprint density at radius 1 is 1.21 bits per heavy atom. The Balaban J connectivity index is 1.71. The van der Waals surface area contributed by atoms with Gasteiger partial charge in [0.2, 0.25) is 0 Å². The van der Waals surface area contributed by atoms with Gasteiger partial charge in [0.25, 0.3) is 0 Å². The zero-order chi connectivity index (χ0) is 13.7. The molecule has 1 aromatic carbocycles. The third-order valence-electron chi connectivity index (χ3n) is 3.86. The highest BCUT2D eigenvalue weighted by molar-refractivity contribution is 5.70. The van der Waals surface area contributed by atoms with Crippen LogP contribution in [0.1, 0.15) is 44.6 Å². The monoisotopic (exact) mass is 261 g/mol. The summed E-state index contributed by atoms with van der Waals surface area (Å²) in [6.45, 7) is 2.26. The van der Waals surface area contributed by atoms with Gasteiger partial charge in [-0.15, -0.1) is 0 Å². The number of benzene rings is 1. The topological polar surface area (TPSA) is 52.3 Å². The average Bonchev–Trinajstić information content (AvgIpc) is 2.41. The molecule has 19 heavy (non-hydrogen) atoms. The molecule has 1 aliphatic carbocycles. The van der Waals surface area contributed by atoms with Gasteiger partial charge in [-0.05, 0) is 55.7 Å². The quantitative estimate of drug-likeness (QED) is 0.668. The SMILES string of the molecule is CC1CCC(OC(=O)CCc2ccc(N)cc2)CC1. The minimum Gasteiger partial charge on any atom is -0.462 e. The lowest BCUT2D eigenvalue weighted by atomic mass is 9.89. The molecule has 104 valence electrons. The number of hydrogen-bond donors (Lipinski definition) is 1. The first-order valence-electron chi connectivity index (χ1n) is 7.17. The minimum absolute atomic E-state index is 0.0728. The molecule has 0 bridgehead atoms. The summed E-state index contributed by atoms with van der Waals surface area (Å²) in [7, 11) is 0. The van der Waals surface area contributed by atoms with Gasteiger partial charge in [-0.25, -0.2) is 0 Å². The number of esters is 1. The fourth-order valence-corrected chi connectivity index (χ4v) is 2.52. The summed E-state index contributed by atoms with van der Waals surface area (Å²) in [6, 6.07) is 7.65. The second kappa shape index (κ2) is 6.60. The van der Waals surface area contributed by atoms with Crippen molar-refractivity contribution in [1.29, 1.82) is 0 Å². The van der Waals surface area contributed by atoms with Crippen molar-refractivity contribution in [3.63, 3.8) is 0 Å². The lowest BCUT2D eigenvalue weighted by Gasteiger charge is -2.25. The largest absolute Gasteiger partial charge is 0.462 e. The van der Waals surface area contributed by atoms with E-state index in [0.717, 1.165) is 36.4 Å². The maximum atomic E-state index is 11.8. The highest BCUT2D eigenvalue weighted by atomic mass is 16.5. The standard InChI is InChI=1S/C16H23NO2/c1-12-2-9-15(10-3-12)19-16(18)11-6-13-4-7-14(17)8-5-13/h4-5,7-8,12,15H,2-3,6,9-11,17H2,1H3. The van der Waals surface area contributed by atoms with Crippen molar-refractivity contribution in [2.24, 2.45) is 5.92 Å². The number of ether oxygens (including phenoxy) is 1. The smallest absolute Gasteiger partial charge is 0.306 e. The molecule has 0 saturated heterocycles. The molecule has 3 heteroatoms. The van der Waals surface area contributed by atoms with Crippen LogP contribution in [-0.2, 0) is 16.0 Å². The molecule has 1 aromatic rings. The first-order valence-corrected chi connectivity index (χ1v) is 7.17. The van der Waals surface area contributed by atoms with Gasteiger partial charge in [0, 0.05) is 12.1 Å². The molecule has 0 aromatic heterocycles. The molecule has 0 aliphatic heterocycles. The molecule has 1 fully saturated rings. The number of nitrogens with two attached hydrogens (primary N) is 1. The van der Waals surface area contributed by atoms with E-state index in [4.69, 9.17) is 10.5 Å². The Labute approximate surface area is 115 Å². The van der Waals surface area contributed by atoms with E-state index in [1.807, 2.05) is 24.3 Å². The van der Waals surface area contributed by atoms with Crippen LogP contribution in [0.2, 0.25) is 0 Å². The van der Waals surface area contributed by atoms with Gasteiger partial charge in [-0.1, -0.05) is 19.1 Å². The molecule has 1 saturated carbocycles. The Morgan fingerprint density at radius 3 is 2.47 bits per heavy atom. The highest BCUT2D eigenvalue weighted by Gasteiger charge is 2.21. The first-order chi connectivity index (χ1) is 9.13. The predicted molar refractivity (Wildman–Crippen MR) is 76.7 cm³/mol. The van der Waals surface area contributed by atoms with Crippen LogP contribution in [-0.4, -0.2) is 12.1 Å². The molecule has 0 amide bonds. The van der Waals surface area contributed by atoms with Gasteiger partial charge in [0.05, 0.1) is 0 Å². The normalized spacial score (nSPS) is 23.0. The molecule has 1 aliphatic rings. The molecule has 0 unspecified atom stereocenters. The summed E-state index contributed by atoms with van der Waals surface area (Å²) in [5.74, 6) is 0.709. The van der Waals surface area contributed by atoms with E-state index in [1.54, 1.807) is 0 Å². The van der Waals surface area contributed by atoms with Crippen molar-refractivity contribution in [3.05, 3.63) is 29.8 Å². The summed E-state index contributed by atoms with van der Waals surface area (Å²) >= 11 is 0. The van der Waals surface area contributed by atoms with Crippen LogP contribution in [0.3, 0.4) is 0 Å². The van der Waals surface area contributed by atoms with Crippen molar-refractivity contribution < 1.29 is 9.53 Å². The van der Waals surface area contributed by atoms with Gasteiger partial charge in [-0.2, -0.15) is 0 Å². The highest BCUT2D eigenvalue weighted by Crippen LogP contribution is 2.25. The third kappa shape index (κ3) is 4.58. The van der Waals surface area contributed by atoms with Gasteiger partial charge in [0.15, 0.2) is 0 Å². The number of rotatable bonds is 4. The minimum atomic E-state index is -0.0728. The Morgan fingerprint density at radius 2 is 1.84 bits per heavy atom. The molecule has 2 rings (SSSR count). The van der Waals surface area contributed by atoms with Gasteiger partial charge in [-0.3, -0.25) is 4.79 Å². The van der Waals surface area contributed by atoms with E-state index in [-0.39, 0.29) is 12.1 Å². The van der Waals surface area contributed by atoms with Crippen LogP contribution in [0, 0.1) is 5.92 Å². The number of aryl methyl sites for hydroxylation is 1. The van der Waals surface area contributed by atoms with Crippen molar-refractivity contribution in [3.8, 4) is 0 Å². The summed E-state index contributed by atoms with van der Waals surface area (Å²) in [4.78, 5) is 11.8. The predicted octanol–water partition coefficient (Wildman–Crippen LogP) is 3.32. The number of carbonyl (C=O) groups excluding carboxylic acids is 1. The van der Waals surface area contributed by atoms with E-state index >= 15 is 0 Å². The van der Waals surface area contributed by atoms with Crippen LogP contribution in [0.25, 0.3) is 0 Å².